The molecule has 0 saturated carbocycles. The maximum absolute atomic E-state index is 11.0. The predicted molar refractivity (Wildman–Crippen MR) is 74.2 cm³/mol. The molecule has 2 aromatic rings. The van der Waals surface area contributed by atoms with E-state index >= 15 is 0 Å². The standard InChI is InChI=1S/C14H15N3O2/c15-13-4-3-11(8-12(13)14(18)19)17-7-5-10-2-1-6-16-9-10/h1-4,6,8-9,17H,5,7,15H2,(H,18,19). The SMILES string of the molecule is Nc1ccc(NCCc2cccnc2)cc1C(=O)O. The predicted octanol–water partition coefficient (Wildman–Crippen LogP) is 2.02. The fourth-order valence-corrected chi connectivity index (χ4v) is 1.75. The number of rotatable bonds is 5. The molecule has 0 saturated heterocycles. The van der Waals surface area contributed by atoms with Gasteiger partial charge in [0.05, 0.1) is 5.56 Å². The van der Waals surface area contributed by atoms with Crippen molar-refractivity contribution < 1.29 is 9.90 Å². The molecule has 1 aromatic carbocycles. The first-order valence-electron chi connectivity index (χ1n) is 5.92. The number of anilines is 2. The van der Waals surface area contributed by atoms with E-state index in [4.69, 9.17) is 10.8 Å². The van der Waals surface area contributed by atoms with Crippen molar-refractivity contribution in [3.05, 3.63) is 53.9 Å². The van der Waals surface area contributed by atoms with E-state index < -0.39 is 5.97 Å². The zero-order valence-electron chi connectivity index (χ0n) is 10.3. The van der Waals surface area contributed by atoms with Crippen LogP contribution >= 0.6 is 0 Å². The Morgan fingerprint density at radius 2 is 2.21 bits per heavy atom. The topological polar surface area (TPSA) is 88.2 Å². The number of carbonyl (C=O) groups is 1. The van der Waals surface area contributed by atoms with Crippen LogP contribution in [0, 0.1) is 0 Å². The first kappa shape index (κ1) is 12.9. The highest BCUT2D eigenvalue weighted by molar-refractivity contribution is 5.94. The van der Waals surface area contributed by atoms with Gasteiger partial charge in [-0.15, -0.1) is 0 Å². The zero-order valence-corrected chi connectivity index (χ0v) is 10.3. The van der Waals surface area contributed by atoms with Gasteiger partial charge in [-0.3, -0.25) is 4.98 Å². The van der Waals surface area contributed by atoms with E-state index in [1.54, 1.807) is 24.4 Å². The van der Waals surface area contributed by atoms with E-state index in [0.717, 1.165) is 17.7 Å². The molecule has 19 heavy (non-hydrogen) atoms. The lowest BCUT2D eigenvalue weighted by Crippen LogP contribution is -2.07. The Morgan fingerprint density at radius 1 is 1.37 bits per heavy atom. The minimum absolute atomic E-state index is 0.117. The molecule has 1 aromatic heterocycles. The molecule has 2 rings (SSSR count). The van der Waals surface area contributed by atoms with Crippen LogP contribution in [0.25, 0.3) is 0 Å². The van der Waals surface area contributed by atoms with Crippen LogP contribution in [0.1, 0.15) is 15.9 Å². The number of aromatic nitrogens is 1. The lowest BCUT2D eigenvalue weighted by Gasteiger charge is -2.08. The fourth-order valence-electron chi connectivity index (χ4n) is 1.75. The fraction of sp³-hybridized carbons (Fsp3) is 0.143. The number of carboxylic acid groups (broad SMARTS) is 1. The van der Waals surface area contributed by atoms with Crippen molar-refractivity contribution in [3.8, 4) is 0 Å². The Bertz CT molecular complexity index is 570. The highest BCUT2D eigenvalue weighted by atomic mass is 16.4. The molecule has 0 spiro atoms. The molecular weight excluding hydrogens is 242 g/mol. The number of aromatic carboxylic acids is 1. The van der Waals surface area contributed by atoms with Crippen LogP contribution in [0.3, 0.4) is 0 Å². The van der Waals surface area contributed by atoms with Gasteiger partial charge < -0.3 is 16.2 Å². The van der Waals surface area contributed by atoms with Gasteiger partial charge in [0.15, 0.2) is 0 Å². The van der Waals surface area contributed by atoms with E-state index in [2.05, 4.69) is 10.3 Å². The van der Waals surface area contributed by atoms with Crippen molar-refractivity contribution in [2.45, 2.75) is 6.42 Å². The molecule has 4 N–H and O–H groups in total. The van der Waals surface area contributed by atoms with Gasteiger partial charge in [-0.05, 0) is 36.2 Å². The summed E-state index contributed by atoms with van der Waals surface area (Å²) in [6.07, 6.45) is 4.37. The van der Waals surface area contributed by atoms with Gasteiger partial charge in [-0.25, -0.2) is 4.79 Å². The number of benzene rings is 1. The molecule has 98 valence electrons. The van der Waals surface area contributed by atoms with E-state index in [-0.39, 0.29) is 11.3 Å². The summed E-state index contributed by atoms with van der Waals surface area (Å²) in [6, 6.07) is 8.79. The molecule has 1 heterocycles. The van der Waals surface area contributed by atoms with Gasteiger partial charge in [-0.1, -0.05) is 6.07 Å². The summed E-state index contributed by atoms with van der Waals surface area (Å²) in [6.45, 7) is 0.703. The number of nitrogens with zero attached hydrogens (tertiary/aromatic N) is 1. The van der Waals surface area contributed by atoms with E-state index in [0.29, 0.717) is 6.54 Å². The smallest absolute Gasteiger partial charge is 0.337 e. The molecular formula is C14H15N3O2. The second kappa shape index (κ2) is 5.86. The van der Waals surface area contributed by atoms with Crippen molar-refractivity contribution in [1.29, 1.82) is 0 Å². The van der Waals surface area contributed by atoms with Crippen molar-refractivity contribution in [1.82, 2.24) is 4.98 Å². The third-order valence-electron chi connectivity index (χ3n) is 2.75. The van der Waals surface area contributed by atoms with E-state index in [1.807, 2.05) is 18.3 Å². The van der Waals surface area contributed by atoms with E-state index in [9.17, 15) is 4.79 Å². The number of hydrogen-bond acceptors (Lipinski definition) is 4. The quantitative estimate of drug-likeness (QED) is 0.713. The van der Waals surface area contributed by atoms with Gasteiger partial charge >= 0.3 is 5.97 Å². The Labute approximate surface area is 111 Å². The monoisotopic (exact) mass is 257 g/mol. The first-order valence-corrected chi connectivity index (χ1v) is 5.92. The molecule has 0 fully saturated rings. The number of nitrogen functional groups attached to an aromatic ring is 1. The molecule has 5 heteroatoms. The van der Waals surface area contributed by atoms with Crippen molar-refractivity contribution >= 4 is 17.3 Å². The van der Waals surface area contributed by atoms with Gasteiger partial charge in [0.1, 0.15) is 0 Å². The van der Waals surface area contributed by atoms with Crippen LogP contribution in [0.5, 0.6) is 0 Å². The summed E-state index contributed by atoms with van der Waals surface area (Å²) in [5.41, 5.74) is 7.85. The third kappa shape index (κ3) is 3.45. The average molecular weight is 257 g/mol. The number of hydrogen-bond donors (Lipinski definition) is 3. The molecule has 5 nitrogen and oxygen atoms in total. The highest BCUT2D eigenvalue weighted by Gasteiger charge is 2.08. The van der Waals surface area contributed by atoms with Gasteiger partial charge in [0, 0.05) is 30.3 Å². The summed E-state index contributed by atoms with van der Waals surface area (Å²) in [5.74, 6) is -1.02. The zero-order chi connectivity index (χ0) is 13.7. The second-order valence-corrected chi connectivity index (χ2v) is 4.15. The molecule has 0 amide bonds. The lowest BCUT2D eigenvalue weighted by molar-refractivity contribution is 0.0698. The van der Waals surface area contributed by atoms with Gasteiger partial charge in [0.25, 0.3) is 0 Å². The van der Waals surface area contributed by atoms with Crippen LogP contribution in [-0.4, -0.2) is 22.6 Å². The van der Waals surface area contributed by atoms with Crippen molar-refractivity contribution in [3.63, 3.8) is 0 Å². The van der Waals surface area contributed by atoms with Gasteiger partial charge in [-0.2, -0.15) is 0 Å². The number of pyridine rings is 1. The third-order valence-corrected chi connectivity index (χ3v) is 2.75. The van der Waals surface area contributed by atoms with Crippen LogP contribution in [-0.2, 0) is 6.42 Å². The van der Waals surface area contributed by atoms with Crippen molar-refractivity contribution in [2.24, 2.45) is 0 Å². The van der Waals surface area contributed by atoms with E-state index in [1.165, 1.54) is 0 Å². The van der Waals surface area contributed by atoms with Crippen LogP contribution in [0.4, 0.5) is 11.4 Å². The summed E-state index contributed by atoms with van der Waals surface area (Å²) in [4.78, 5) is 15.0. The summed E-state index contributed by atoms with van der Waals surface area (Å²) >= 11 is 0. The Hall–Kier alpha value is -2.56. The number of nitrogens with one attached hydrogen (secondary N) is 1. The number of nitrogens with two attached hydrogens (primary N) is 1. The molecule has 0 bridgehead atoms. The summed E-state index contributed by atoms with van der Waals surface area (Å²) in [7, 11) is 0. The number of carboxylic acids is 1. The molecule has 0 aliphatic heterocycles. The Morgan fingerprint density at radius 3 is 2.89 bits per heavy atom. The first-order chi connectivity index (χ1) is 9.16. The Kier molecular flexibility index (Phi) is 3.97. The molecule has 0 radical (unpaired) electrons. The van der Waals surface area contributed by atoms with Crippen LogP contribution < -0.4 is 11.1 Å². The lowest BCUT2D eigenvalue weighted by atomic mass is 10.1. The summed E-state index contributed by atoms with van der Waals surface area (Å²) < 4.78 is 0. The highest BCUT2D eigenvalue weighted by Crippen LogP contribution is 2.17. The van der Waals surface area contributed by atoms with Crippen LogP contribution in [0.15, 0.2) is 42.7 Å². The average Bonchev–Trinajstić information content (AvgIpc) is 2.41. The maximum atomic E-state index is 11.0. The molecule has 0 aliphatic carbocycles. The molecule has 0 atom stereocenters. The normalized spacial score (nSPS) is 10.1. The van der Waals surface area contributed by atoms with Gasteiger partial charge in [0.2, 0.25) is 0 Å². The minimum Gasteiger partial charge on any atom is -0.478 e. The molecule has 0 unspecified atom stereocenters. The molecule has 0 aliphatic rings. The Balaban J connectivity index is 1.97. The van der Waals surface area contributed by atoms with Crippen molar-refractivity contribution in [2.75, 3.05) is 17.6 Å². The largest absolute Gasteiger partial charge is 0.478 e. The second-order valence-electron chi connectivity index (χ2n) is 4.15. The van der Waals surface area contributed by atoms with Crippen LogP contribution in [0.2, 0.25) is 0 Å². The summed E-state index contributed by atoms with van der Waals surface area (Å²) in [5, 5.41) is 12.1. The minimum atomic E-state index is -1.02. The maximum Gasteiger partial charge on any atom is 0.337 e.